The molecule has 166 valence electrons. The molecule has 9 heteroatoms. The van der Waals surface area contributed by atoms with E-state index in [2.05, 4.69) is 10.3 Å². The Bertz CT molecular complexity index is 1130. The second-order valence-corrected chi connectivity index (χ2v) is 8.75. The first kappa shape index (κ1) is 22.0. The van der Waals surface area contributed by atoms with Crippen LogP contribution in [0, 0.1) is 23.4 Å². The molecule has 32 heavy (non-hydrogen) atoms. The van der Waals surface area contributed by atoms with Gasteiger partial charge >= 0.3 is 0 Å². The minimum atomic E-state index is -0.636. The van der Waals surface area contributed by atoms with Gasteiger partial charge in [0.05, 0.1) is 5.92 Å². The van der Waals surface area contributed by atoms with Crippen molar-refractivity contribution in [1.82, 2.24) is 9.88 Å². The van der Waals surface area contributed by atoms with Crippen LogP contribution < -0.4 is 5.32 Å². The van der Waals surface area contributed by atoms with Crippen LogP contribution in [0.4, 0.5) is 18.3 Å². The lowest BCUT2D eigenvalue weighted by Gasteiger charge is -2.32. The lowest BCUT2D eigenvalue weighted by atomic mass is 9.96. The van der Waals surface area contributed by atoms with Crippen LogP contribution in [0.2, 0.25) is 0 Å². The van der Waals surface area contributed by atoms with Crippen LogP contribution in [0.3, 0.4) is 0 Å². The molecule has 1 aliphatic heterocycles. The molecule has 2 aromatic carbocycles. The second kappa shape index (κ2) is 9.52. The normalized spacial score (nSPS) is 16.1. The van der Waals surface area contributed by atoms with E-state index in [9.17, 15) is 22.8 Å². The number of rotatable bonds is 5. The minimum Gasteiger partial charge on any atom is -0.338 e. The zero-order valence-electron chi connectivity index (χ0n) is 17.0. The molecule has 0 radical (unpaired) electrons. The lowest BCUT2D eigenvalue weighted by Crippen LogP contribution is -2.43. The molecule has 1 N–H and O–H groups in total. The molecule has 5 nitrogen and oxygen atoms in total. The quantitative estimate of drug-likeness (QED) is 0.605. The maximum Gasteiger partial charge on any atom is 0.253 e. The fraction of sp³-hybridized carbons (Fsp3) is 0.261. The van der Waals surface area contributed by atoms with Gasteiger partial charge in [-0.3, -0.25) is 9.59 Å². The molecule has 3 aromatic rings. The van der Waals surface area contributed by atoms with Crippen LogP contribution >= 0.6 is 11.3 Å². The van der Waals surface area contributed by atoms with E-state index in [4.69, 9.17) is 0 Å². The van der Waals surface area contributed by atoms with Gasteiger partial charge in [0.25, 0.3) is 5.91 Å². The number of hydrogen-bond acceptors (Lipinski definition) is 4. The van der Waals surface area contributed by atoms with Crippen molar-refractivity contribution in [3.8, 4) is 0 Å². The number of thiazole rings is 1. The number of anilines is 1. The predicted molar refractivity (Wildman–Crippen MR) is 115 cm³/mol. The molecule has 1 unspecified atom stereocenters. The summed E-state index contributed by atoms with van der Waals surface area (Å²) in [7, 11) is 0. The van der Waals surface area contributed by atoms with Crippen LogP contribution in [-0.4, -0.2) is 34.8 Å². The van der Waals surface area contributed by atoms with Gasteiger partial charge < -0.3 is 10.2 Å². The molecule has 1 aliphatic rings. The highest BCUT2D eigenvalue weighted by Crippen LogP contribution is 2.25. The highest BCUT2D eigenvalue weighted by molar-refractivity contribution is 7.15. The van der Waals surface area contributed by atoms with E-state index in [1.807, 2.05) is 0 Å². The van der Waals surface area contributed by atoms with Gasteiger partial charge in [0.15, 0.2) is 5.13 Å². The first-order valence-corrected chi connectivity index (χ1v) is 10.9. The molecule has 1 aromatic heterocycles. The fourth-order valence-corrected chi connectivity index (χ4v) is 4.50. The number of carbonyl (C=O) groups is 2. The minimum absolute atomic E-state index is 0.236. The molecule has 1 saturated heterocycles. The molecule has 2 amide bonds. The third kappa shape index (κ3) is 5.16. The van der Waals surface area contributed by atoms with E-state index in [0.717, 1.165) is 10.9 Å². The van der Waals surface area contributed by atoms with Crippen molar-refractivity contribution in [2.24, 2.45) is 5.92 Å². The number of amides is 2. The predicted octanol–water partition coefficient (Wildman–Crippen LogP) is 4.64. The number of piperidine rings is 1. The summed E-state index contributed by atoms with van der Waals surface area (Å²) < 4.78 is 40.0. The van der Waals surface area contributed by atoms with Crippen molar-refractivity contribution in [3.05, 3.63) is 82.1 Å². The Morgan fingerprint density at radius 3 is 2.59 bits per heavy atom. The number of likely N-dealkylation sites (tertiary alicyclic amines) is 1. The van der Waals surface area contributed by atoms with E-state index in [0.29, 0.717) is 35.6 Å². The molecule has 1 atom stereocenters. The smallest absolute Gasteiger partial charge is 0.253 e. The van der Waals surface area contributed by atoms with E-state index >= 15 is 0 Å². The van der Waals surface area contributed by atoms with Gasteiger partial charge in [0.1, 0.15) is 17.5 Å². The molecular weight excluding hydrogens is 439 g/mol. The van der Waals surface area contributed by atoms with Gasteiger partial charge in [-0.2, -0.15) is 0 Å². The number of nitrogens with zero attached hydrogens (tertiary/aromatic N) is 2. The molecule has 1 fully saturated rings. The Kier molecular flexibility index (Phi) is 6.55. The lowest BCUT2D eigenvalue weighted by molar-refractivity contribution is -0.121. The highest BCUT2D eigenvalue weighted by atomic mass is 32.1. The SMILES string of the molecule is O=C(Nc1ncc(Cc2ccc(F)cc2F)s1)C1CCCN(C(=O)c2ccc(F)cc2)C1. The van der Waals surface area contributed by atoms with E-state index in [1.54, 1.807) is 11.1 Å². The number of aromatic nitrogens is 1. The van der Waals surface area contributed by atoms with E-state index in [1.165, 1.54) is 47.7 Å². The maximum atomic E-state index is 13.9. The van der Waals surface area contributed by atoms with Crippen molar-refractivity contribution in [3.63, 3.8) is 0 Å². The number of nitrogens with one attached hydrogen (secondary N) is 1. The van der Waals surface area contributed by atoms with Gasteiger partial charge in [-0.15, -0.1) is 11.3 Å². The summed E-state index contributed by atoms with van der Waals surface area (Å²) in [5, 5.41) is 3.16. The van der Waals surface area contributed by atoms with Crippen LogP contribution in [0.1, 0.15) is 33.6 Å². The van der Waals surface area contributed by atoms with Gasteiger partial charge in [-0.25, -0.2) is 18.2 Å². The molecule has 0 bridgehead atoms. The molecule has 0 spiro atoms. The van der Waals surface area contributed by atoms with Crippen LogP contribution in [0.25, 0.3) is 0 Å². The summed E-state index contributed by atoms with van der Waals surface area (Å²) in [5.74, 6) is -2.55. The Hall–Kier alpha value is -3.20. The first-order valence-electron chi connectivity index (χ1n) is 10.1. The van der Waals surface area contributed by atoms with Crippen molar-refractivity contribution in [1.29, 1.82) is 0 Å². The average Bonchev–Trinajstić information content (AvgIpc) is 3.22. The van der Waals surface area contributed by atoms with Gasteiger partial charge in [0, 0.05) is 42.2 Å². The average molecular weight is 459 g/mol. The topological polar surface area (TPSA) is 62.3 Å². The molecule has 4 rings (SSSR count). The molecule has 0 saturated carbocycles. The Balaban J connectivity index is 1.36. The zero-order valence-corrected chi connectivity index (χ0v) is 17.8. The van der Waals surface area contributed by atoms with Crippen LogP contribution in [0.5, 0.6) is 0 Å². The zero-order chi connectivity index (χ0) is 22.7. The van der Waals surface area contributed by atoms with Crippen molar-refractivity contribution >= 4 is 28.3 Å². The van der Waals surface area contributed by atoms with Gasteiger partial charge in [0.2, 0.25) is 5.91 Å². The monoisotopic (exact) mass is 459 g/mol. The number of carbonyl (C=O) groups excluding carboxylic acids is 2. The molecular formula is C23H20F3N3O2S. The number of benzene rings is 2. The van der Waals surface area contributed by atoms with Crippen molar-refractivity contribution < 1.29 is 22.8 Å². The van der Waals surface area contributed by atoms with Gasteiger partial charge in [-0.1, -0.05) is 6.07 Å². The van der Waals surface area contributed by atoms with E-state index in [-0.39, 0.29) is 24.8 Å². The Morgan fingerprint density at radius 2 is 1.84 bits per heavy atom. The third-order valence-corrected chi connectivity index (χ3v) is 6.25. The third-order valence-electron chi connectivity index (χ3n) is 5.33. The van der Waals surface area contributed by atoms with Crippen LogP contribution in [0.15, 0.2) is 48.7 Å². The Morgan fingerprint density at radius 1 is 1.09 bits per heavy atom. The maximum absolute atomic E-state index is 13.9. The van der Waals surface area contributed by atoms with Crippen molar-refractivity contribution in [2.45, 2.75) is 19.3 Å². The first-order chi connectivity index (χ1) is 15.4. The summed E-state index contributed by atoms with van der Waals surface area (Å²) in [6.45, 7) is 0.797. The van der Waals surface area contributed by atoms with Crippen molar-refractivity contribution in [2.75, 3.05) is 18.4 Å². The summed E-state index contributed by atoms with van der Waals surface area (Å²) in [4.78, 5) is 31.9. The van der Waals surface area contributed by atoms with Gasteiger partial charge in [-0.05, 0) is 48.7 Å². The number of halogens is 3. The van der Waals surface area contributed by atoms with Crippen LogP contribution in [-0.2, 0) is 11.2 Å². The Labute approximate surface area is 186 Å². The summed E-state index contributed by atoms with van der Waals surface area (Å²) in [6.07, 6.45) is 3.10. The molecule has 2 heterocycles. The summed E-state index contributed by atoms with van der Waals surface area (Å²) in [5.41, 5.74) is 0.722. The summed E-state index contributed by atoms with van der Waals surface area (Å²) in [6, 6.07) is 8.76. The number of hydrogen-bond donors (Lipinski definition) is 1. The fourth-order valence-electron chi connectivity index (χ4n) is 3.66. The molecule has 0 aliphatic carbocycles. The summed E-state index contributed by atoms with van der Waals surface area (Å²) >= 11 is 1.22. The van der Waals surface area contributed by atoms with E-state index < -0.39 is 23.4 Å². The largest absolute Gasteiger partial charge is 0.338 e. The standard InChI is InChI=1S/C23H20F3N3O2S/c24-17-6-3-14(4-7-17)22(31)29-9-1-2-16(13-29)21(30)28-23-27-12-19(32-23)10-15-5-8-18(25)11-20(15)26/h3-8,11-12,16H,1-2,9-10,13H2,(H,27,28,30). The highest BCUT2D eigenvalue weighted by Gasteiger charge is 2.29. The second-order valence-electron chi connectivity index (χ2n) is 7.63.